The fourth-order valence-electron chi connectivity index (χ4n) is 4.16. The molecule has 3 rings (SSSR count). The zero-order chi connectivity index (χ0) is 31.0. The van der Waals surface area contributed by atoms with Crippen LogP contribution in [0.4, 0.5) is 5.69 Å². The van der Waals surface area contributed by atoms with Crippen LogP contribution in [0.2, 0.25) is 10.0 Å². The fraction of sp³-hybridized carbons (Fsp3) is 0.333. The first kappa shape index (κ1) is 33.0. The molecule has 0 aliphatic rings. The lowest BCUT2D eigenvalue weighted by Gasteiger charge is -2.32. The van der Waals surface area contributed by atoms with E-state index in [9.17, 15) is 18.0 Å². The van der Waals surface area contributed by atoms with Crippen LogP contribution in [-0.2, 0) is 26.2 Å². The summed E-state index contributed by atoms with van der Waals surface area (Å²) in [4.78, 5) is 28.4. The minimum atomic E-state index is -4.24. The zero-order valence-electron chi connectivity index (χ0n) is 24.2. The van der Waals surface area contributed by atoms with Crippen LogP contribution in [0.15, 0.2) is 65.6 Å². The molecule has 0 heterocycles. The Kier molecular flexibility index (Phi) is 11.5. The van der Waals surface area contributed by atoms with Gasteiger partial charge in [0.15, 0.2) is 11.5 Å². The lowest BCUT2D eigenvalue weighted by molar-refractivity contribution is -0.139. The first-order chi connectivity index (χ1) is 19.9. The summed E-state index contributed by atoms with van der Waals surface area (Å²) in [6.45, 7) is 5.17. The quantitative estimate of drug-likeness (QED) is 0.267. The van der Waals surface area contributed by atoms with E-state index < -0.39 is 28.5 Å². The van der Waals surface area contributed by atoms with E-state index >= 15 is 0 Å². The van der Waals surface area contributed by atoms with Crippen molar-refractivity contribution in [1.29, 1.82) is 0 Å². The summed E-state index contributed by atoms with van der Waals surface area (Å²) in [6.07, 6.45) is 0.709. The monoisotopic (exact) mass is 635 g/mol. The third-order valence-electron chi connectivity index (χ3n) is 6.60. The van der Waals surface area contributed by atoms with Gasteiger partial charge in [0.25, 0.3) is 10.0 Å². The molecule has 0 unspecified atom stereocenters. The van der Waals surface area contributed by atoms with Gasteiger partial charge in [-0.25, -0.2) is 8.42 Å². The van der Waals surface area contributed by atoms with Crippen molar-refractivity contribution >= 4 is 50.7 Å². The smallest absolute Gasteiger partial charge is 0.264 e. The van der Waals surface area contributed by atoms with Gasteiger partial charge in [0.05, 0.1) is 34.8 Å². The summed E-state index contributed by atoms with van der Waals surface area (Å²) in [5, 5.41) is 3.44. The number of carbonyl (C=O) groups is 2. The standard InChI is InChI=1S/C30H35Cl2N3O6S/c1-6-15-33-30(37)21(3)34(18-22-9-13-25(31)26(32)16-22)29(36)19-35(23-10-14-27(40-4)28(17-23)41-5)42(38,39)24-11-7-20(2)8-12-24/h7-14,16-17,21H,6,15,18-19H2,1-5H3,(H,33,37)/t21-/m1/s1. The van der Waals surface area contributed by atoms with E-state index in [0.29, 0.717) is 34.3 Å². The highest BCUT2D eigenvalue weighted by molar-refractivity contribution is 7.92. The molecule has 2 amide bonds. The normalized spacial score (nSPS) is 11.9. The molecule has 0 saturated heterocycles. The molecule has 3 aromatic carbocycles. The minimum absolute atomic E-state index is 0.000422. The first-order valence-electron chi connectivity index (χ1n) is 13.3. The Hall–Kier alpha value is -3.47. The molecule has 0 aliphatic heterocycles. The third kappa shape index (κ3) is 7.87. The average Bonchev–Trinajstić information content (AvgIpc) is 2.98. The van der Waals surface area contributed by atoms with Crippen molar-refractivity contribution in [2.45, 2.75) is 44.7 Å². The number of carbonyl (C=O) groups excluding carboxylic acids is 2. The molecular formula is C30H35Cl2N3O6S. The summed E-state index contributed by atoms with van der Waals surface area (Å²) in [5.74, 6) is -0.302. The lowest BCUT2D eigenvalue weighted by atomic mass is 10.1. The lowest BCUT2D eigenvalue weighted by Crippen LogP contribution is -2.51. The van der Waals surface area contributed by atoms with Crippen LogP contribution in [0.5, 0.6) is 11.5 Å². The van der Waals surface area contributed by atoms with Crippen LogP contribution in [0.25, 0.3) is 0 Å². The van der Waals surface area contributed by atoms with E-state index in [1.807, 2.05) is 13.8 Å². The highest BCUT2D eigenvalue weighted by Crippen LogP contribution is 2.34. The van der Waals surface area contributed by atoms with Crippen molar-refractivity contribution in [3.63, 3.8) is 0 Å². The first-order valence-corrected chi connectivity index (χ1v) is 15.4. The van der Waals surface area contributed by atoms with Gasteiger partial charge in [-0.15, -0.1) is 0 Å². The molecule has 226 valence electrons. The van der Waals surface area contributed by atoms with E-state index in [2.05, 4.69) is 5.32 Å². The summed E-state index contributed by atoms with van der Waals surface area (Å²) in [7, 11) is -1.34. The fourth-order valence-corrected chi connectivity index (χ4v) is 5.89. The van der Waals surface area contributed by atoms with E-state index in [4.69, 9.17) is 32.7 Å². The maximum atomic E-state index is 14.0. The maximum Gasteiger partial charge on any atom is 0.264 e. The molecule has 0 aliphatic carbocycles. The number of benzene rings is 3. The second-order valence-electron chi connectivity index (χ2n) is 9.60. The van der Waals surface area contributed by atoms with E-state index in [0.717, 1.165) is 9.87 Å². The van der Waals surface area contributed by atoms with Gasteiger partial charge in [-0.2, -0.15) is 0 Å². The molecule has 1 atom stereocenters. The van der Waals surface area contributed by atoms with E-state index in [1.165, 1.54) is 43.4 Å². The van der Waals surface area contributed by atoms with Crippen LogP contribution in [-0.4, -0.2) is 58.5 Å². The number of ether oxygens (including phenoxy) is 2. The molecule has 0 spiro atoms. The number of nitrogens with zero attached hydrogens (tertiary/aromatic N) is 2. The number of nitrogens with one attached hydrogen (secondary N) is 1. The summed E-state index contributed by atoms with van der Waals surface area (Å²) >= 11 is 12.3. The van der Waals surface area contributed by atoms with Crippen molar-refractivity contribution in [2.75, 3.05) is 31.6 Å². The molecule has 42 heavy (non-hydrogen) atoms. The largest absolute Gasteiger partial charge is 0.493 e. The summed E-state index contributed by atoms with van der Waals surface area (Å²) < 4.78 is 39.7. The number of halogens is 2. The van der Waals surface area contributed by atoms with Crippen LogP contribution in [0, 0.1) is 6.92 Å². The second kappa shape index (κ2) is 14.6. The predicted octanol–water partition coefficient (Wildman–Crippen LogP) is 5.46. The molecule has 1 N–H and O–H groups in total. The van der Waals surface area contributed by atoms with Gasteiger partial charge < -0.3 is 19.7 Å². The van der Waals surface area contributed by atoms with Crippen LogP contribution in [0.3, 0.4) is 0 Å². The van der Waals surface area contributed by atoms with Crippen molar-refractivity contribution in [1.82, 2.24) is 10.2 Å². The van der Waals surface area contributed by atoms with Crippen LogP contribution >= 0.6 is 23.2 Å². The Morgan fingerprint density at radius 1 is 0.929 bits per heavy atom. The number of aryl methyl sites for hydroxylation is 1. The minimum Gasteiger partial charge on any atom is -0.493 e. The SMILES string of the molecule is CCCNC(=O)[C@@H](C)N(Cc1ccc(Cl)c(Cl)c1)C(=O)CN(c1ccc(OC)c(OC)c1)S(=O)(=O)c1ccc(C)cc1. The van der Waals surface area contributed by atoms with E-state index in [-0.39, 0.29) is 28.8 Å². The molecule has 0 radical (unpaired) electrons. The number of anilines is 1. The second-order valence-corrected chi connectivity index (χ2v) is 12.3. The van der Waals surface area contributed by atoms with Gasteiger partial charge in [-0.05, 0) is 62.2 Å². The molecule has 12 heteroatoms. The predicted molar refractivity (Wildman–Crippen MR) is 165 cm³/mol. The van der Waals surface area contributed by atoms with Crippen LogP contribution < -0.4 is 19.1 Å². The van der Waals surface area contributed by atoms with Crippen molar-refractivity contribution in [3.05, 3.63) is 81.8 Å². The Balaban J connectivity index is 2.09. The summed E-state index contributed by atoms with van der Waals surface area (Å²) in [6, 6.07) is 14.9. The van der Waals surface area contributed by atoms with Gasteiger partial charge in [0.2, 0.25) is 11.8 Å². The number of sulfonamides is 1. The summed E-state index contributed by atoms with van der Waals surface area (Å²) in [5.41, 5.74) is 1.67. The van der Waals surface area contributed by atoms with Gasteiger partial charge in [0, 0.05) is 19.2 Å². The average molecular weight is 637 g/mol. The van der Waals surface area contributed by atoms with Gasteiger partial charge in [0.1, 0.15) is 12.6 Å². The number of amides is 2. The maximum absolute atomic E-state index is 14.0. The highest BCUT2D eigenvalue weighted by atomic mass is 35.5. The molecule has 0 fully saturated rings. The highest BCUT2D eigenvalue weighted by Gasteiger charge is 2.33. The zero-order valence-corrected chi connectivity index (χ0v) is 26.5. The molecule has 0 bridgehead atoms. The number of hydrogen-bond donors (Lipinski definition) is 1. The van der Waals surface area contributed by atoms with Crippen molar-refractivity contribution in [2.24, 2.45) is 0 Å². The van der Waals surface area contributed by atoms with Gasteiger partial charge >= 0.3 is 0 Å². The van der Waals surface area contributed by atoms with Gasteiger partial charge in [-0.3, -0.25) is 13.9 Å². The van der Waals surface area contributed by atoms with E-state index in [1.54, 1.807) is 43.3 Å². The Labute approximate surface area is 257 Å². The molecule has 0 saturated carbocycles. The Morgan fingerprint density at radius 2 is 1.60 bits per heavy atom. The Bertz CT molecular complexity index is 1520. The third-order valence-corrected chi connectivity index (χ3v) is 9.12. The van der Waals surface area contributed by atoms with Crippen LogP contribution in [0.1, 0.15) is 31.4 Å². The van der Waals surface area contributed by atoms with Crippen molar-refractivity contribution < 1.29 is 27.5 Å². The molecular weight excluding hydrogens is 601 g/mol. The number of hydrogen-bond acceptors (Lipinski definition) is 6. The van der Waals surface area contributed by atoms with Gasteiger partial charge in [-0.1, -0.05) is 53.9 Å². The molecule has 0 aromatic heterocycles. The van der Waals surface area contributed by atoms with Crippen molar-refractivity contribution in [3.8, 4) is 11.5 Å². The molecule has 9 nitrogen and oxygen atoms in total. The number of methoxy groups -OCH3 is 2. The number of rotatable bonds is 13. The molecule has 3 aromatic rings. The Morgan fingerprint density at radius 3 is 2.19 bits per heavy atom. The topological polar surface area (TPSA) is 105 Å².